The predicted octanol–water partition coefficient (Wildman–Crippen LogP) is 1.97. The lowest BCUT2D eigenvalue weighted by Gasteiger charge is -2.17. The lowest BCUT2D eigenvalue weighted by atomic mass is 9.92. The van der Waals surface area contributed by atoms with E-state index in [4.69, 9.17) is 0 Å². The molecule has 2 rings (SSSR count). The number of carbonyl (C=O) groups excluding carboxylic acids is 1. The van der Waals surface area contributed by atoms with Crippen LogP contribution in [0.3, 0.4) is 0 Å². The van der Waals surface area contributed by atoms with Crippen molar-refractivity contribution in [3.8, 4) is 0 Å². The van der Waals surface area contributed by atoms with Gasteiger partial charge in [0, 0.05) is 12.1 Å². The molecule has 0 radical (unpaired) electrons. The fourth-order valence-electron chi connectivity index (χ4n) is 2.29. The van der Waals surface area contributed by atoms with Gasteiger partial charge in [0.2, 0.25) is 0 Å². The van der Waals surface area contributed by atoms with Gasteiger partial charge in [-0.05, 0) is 37.3 Å². The molecule has 0 bridgehead atoms. The Balaban J connectivity index is 1.87. The molecular formula is C14H19NO2. The minimum absolute atomic E-state index is 0.286. The Hall–Kier alpha value is -1.35. The smallest absolute Gasteiger partial charge is 0.330 e. The van der Waals surface area contributed by atoms with Gasteiger partial charge in [0.05, 0.1) is 7.11 Å². The van der Waals surface area contributed by atoms with Gasteiger partial charge in [-0.15, -0.1) is 0 Å². The van der Waals surface area contributed by atoms with Gasteiger partial charge < -0.3 is 10.1 Å². The lowest BCUT2D eigenvalue weighted by Crippen LogP contribution is -2.23. The zero-order valence-electron chi connectivity index (χ0n) is 10.2. The largest absolute Gasteiger partial charge is 0.466 e. The minimum atomic E-state index is -0.286. The highest BCUT2D eigenvalue weighted by atomic mass is 16.5. The Morgan fingerprint density at radius 3 is 3.06 bits per heavy atom. The van der Waals surface area contributed by atoms with Crippen molar-refractivity contribution in [3.63, 3.8) is 0 Å². The van der Waals surface area contributed by atoms with Crippen molar-refractivity contribution in [2.24, 2.45) is 5.92 Å². The summed E-state index contributed by atoms with van der Waals surface area (Å²) in [5, 5.41) is 3.49. The summed E-state index contributed by atoms with van der Waals surface area (Å²) in [6.07, 6.45) is 13.5. The first-order valence-corrected chi connectivity index (χ1v) is 6.17. The van der Waals surface area contributed by atoms with Crippen molar-refractivity contribution in [3.05, 3.63) is 36.0 Å². The maximum absolute atomic E-state index is 11.0. The normalized spacial score (nSPS) is 28.4. The van der Waals surface area contributed by atoms with Gasteiger partial charge >= 0.3 is 5.97 Å². The van der Waals surface area contributed by atoms with E-state index in [9.17, 15) is 4.79 Å². The summed E-state index contributed by atoms with van der Waals surface area (Å²) in [5.74, 6) is 0.0323. The number of allylic oxidation sites excluding steroid dienone is 3. The highest BCUT2D eigenvalue weighted by molar-refractivity contribution is 5.81. The standard InChI is InChI=1S/C14H19NO2/c1-17-14(16)9-6-11-4-7-12(8-5-11)13-3-2-10-15-13/h4,6-9,11,13,15H,2-3,5,10H2,1H3/b9-6+/t11?,13-/m1/s1. The number of esters is 1. The van der Waals surface area contributed by atoms with Gasteiger partial charge in [-0.3, -0.25) is 0 Å². The molecule has 2 aliphatic rings. The zero-order chi connectivity index (χ0) is 12.1. The molecule has 1 saturated heterocycles. The Kier molecular flexibility index (Phi) is 4.15. The molecular weight excluding hydrogens is 214 g/mol. The van der Waals surface area contributed by atoms with Gasteiger partial charge in [0.15, 0.2) is 0 Å². The van der Waals surface area contributed by atoms with Crippen LogP contribution < -0.4 is 5.32 Å². The van der Waals surface area contributed by atoms with Gasteiger partial charge in [0.25, 0.3) is 0 Å². The number of nitrogens with one attached hydrogen (secondary N) is 1. The van der Waals surface area contributed by atoms with Crippen LogP contribution >= 0.6 is 0 Å². The van der Waals surface area contributed by atoms with Crippen molar-refractivity contribution < 1.29 is 9.53 Å². The molecule has 0 aromatic heterocycles. The lowest BCUT2D eigenvalue weighted by molar-refractivity contribution is -0.134. The summed E-state index contributed by atoms with van der Waals surface area (Å²) in [7, 11) is 1.40. The maximum Gasteiger partial charge on any atom is 0.330 e. The number of hydrogen-bond acceptors (Lipinski definition) is 3. The van der Waals surface area contributed by atoms with Crippen LogP contribution in [0.4, 0.5) is 0 Å². The topological polar surface area (TPSA) is 38.3 Å². The van der Waals surface area contributed by atoms with Crippen molar-refractivity contribution in [1.82, 2.24) is 5.32 Å². The number of ether oxygens (including phenoxy) is 1. The maximum atomic E-state index is 11.0. The third-order valence-corrected chi connectivity index (χ3v) is 3.30. The second kappa shape index (κ2) is 5.82. The fraction of sp³-hybridized carbons (Fsp3) is 0.500. The van der Waals surface area contributed by atoms with Gasteiger partial charge in [0.1, 0.15) is 0 Å². The van der Waals surface area contributed by atoms with Gasteiger partial charge in [-0.25, -0.2) is 4.79 Å². The van der Waals surface area contributed by atoms with Crippen molar-refractivity contribution in [2.75, 3.05) is 13.7 Å². The van der Waals surface area contributed by atoms with Crippen molar-refractivity contribution >= 4 is 5.97 Å². The monoisotopic (exact) mass is 233 g/mol. The molecule has 0 aromatic rings. The summed E-state index contributed by atoms with van der Waals surface area (Å²) >= 11 is 0. The SMILES string of the molecule is COC(=O)/C=C/C1C=CC([C@H]2CCCN2)=CC1. The van der Waals surface area contributed by atoms with E-state index in [0.29, 0.717) is 12.0 Å². The first-order valence-electron chi connectivity index (χ1n) is 6.17. The Bertz CT molecular complexity index is 362. The highest BCUT2D eigenvalue weighted by Crippen LogP contribution is 2.23. The fourth-order valence-corrected chi connectivity index (χ4v) is 2.29. The Morgan fingerprint density at radius 1 is 1.59 bits per heavy atom. The number of rotatable bonds is 3. The van der Waals surface area contributed by atoms with E-state index in [0.717, 1.165) is 13.0 Å². The summed E-state index contributed by atoms with van der Waals surface area (Å²) in [6, 6.07) is 0.539. The number of methoxy groups -OCH3 is 1. The second-order valence-electron chi connectivity index (χ2n) is 4.49. The third kappa shape index (κ3) is 3.30. The van der Waals surface area contributed by atoms with Crippen molar-refractivity contribution in [1.29, 1.82) is 0 Å². The van der Waals surface area contributed by atoms with Crippen LogP contribution in [0.5, 0.6) is 0 Å². The second-order valence-corrected chi connectivity index (χ2v) is 4.49. The molecule has 0 spiro atoms. The first kappa shape index (κ1) is 12.1. The molecule has 1 fully saturated rings. The van der Waals surface area contributed by atoms with Crippen LogP contribution in [0.15, 0.2) is 36.0 Å². The summed E-state index contributed by atoms with van der Waals surface area (Å²) in [4.78, 5) is 11.0. The molecule has 1 heterocycles. The third-order valence-electron chi connectivity index (χ3n) is 3.30. The molecule has 1 aliphatic carbocycles. The summed E-state index contributed by atoms with van der Waals surface area (Å²) in [5.41, 5.74) is 1.39. The van der Waals surface area contributed by atoms with E-state index < -0.39 is 0 Å². The molecule has 1 N–H and O–H groups in total. The van der Waals surface area contributed by atoms with Gasteiger partial charge in [-0.2, -0.15) is 0 Å². The average molecular weight is 233 g/mol. The predicted molar refractivity (Wildman–Crippen MR) is 67.5 cm³/mol. The molecule has 2 atom stereocenters. The Morgan fingerprint density at radius 2 is 2.47 bits per heavy atom. The molecule has 17 heavy (non-hydrogen) atoms. The van der Waals surface area contributed by atoms with E-state index >= 15 is 0 Å². The van der Waals surface area contributed by atoms with Crippen molar-refractivity contribution in [2.45, 2.75) is 25.3 Å². The molecule has 0 amide bonds. The molecule has 3 nitrogen and oxygen atoms in total. The van der Waals surface area contributed by atoms with Crippen LogP contribution in [0.1, 0.15) is 19.3 Å². The minimum Gasteiger partial charge on any atom is -0.466 e. The van der Waals surface area contributed by atoms with Gasteiger partial charge in [-0.1, -0.05) is 24.3 Å². The molecule has 92 valence electrons. The first-order chi connectivity index (χ1) is 8.29. The van der Waals surface area contributed by atoms with E-state index in [1.807, 2.05) is 6.08 Å². The van der Waals surface area contributed by atoms with E-state index in [1.54, 1.807) is 0 Å². The number of hydrogen-bond donors (Lipinski definition) is 1. The van der Waals surface area contributed by atoms with E-state index in [1.165, 1.54) is 31.6 Å². The quantitative estimate of drug-likeness (QED) is 0.598. The zero-order valence-corrected chi connectivity index (χ0v) is 10.2. The number of carbonyl (C=O) groups is 1. The van der Waals surface area contributed by atoms with E-state index in [-0.39, 0.29) is 5.97 Å². The molecule has 0 aromatic carbocycles. The van der Waals surface area contributed by atoms with Crippen LogP contribution in [0, 0.1) is 5.92 Å². The summed E-state index contributed by atoms with van der Waals surface area (Å²) < 4.78 is 4.57. The average Bonchev–Trinajstić information content (AvgIpc) is 2.90. The van der Waals surface area contributed by atoms with Crippen LogP contribution in [0.2, 0.25) is 0 Å². The molecule has 3 heteroatoms. The molecule has 1 aliphatic heterocycles. The van der Waals surface area contributed by atoms with E-state index in [2.05, 4.69) is 28.3 Å². The highest BCUT2D eigenvalue weighted by Gasteiger charge is 2.18. The van der Waals surface area contributed by atoms with Crippen LogP contribution in [-0.2, 0) is 9.53 Å². The Labute approximate surface area is 102 Å². The van der Waals surface area contributed by atoms with Crippen LogP contribution in [0.25, 0.3) is 0 Å². The molecule has 1 unspecified atom stereocenters. The summed E-state index contributed by atoms with van der Waals surface area (Å²) in [6.45, 7) is 1.13. The molecule has 0 saturated carbocycles. The van der Waals surface area contributed by atoms with Crippen LogP contribution in [-0.4, -0.2) is 25.7 Å².